The van der Waals surface area contributed by atoms with Crippen molar-refractivity contribution in [3.8, 4) is 0 Å². The predicted octanol–water partition coefficient (Wildman–Crippen LogP) is -2.41. The molecule has 0 radical (unpaired) electrons. The molecular formula is H6FeLiNiO5P. The minimum absolute atomic E-state index is 0. The number of hydrogen-bond acceptors (Lipinski definition) is 1. The number of phosphoric acid groups is 1. The second-order valence-corrected chi connectivity index (χ2v) is 1.54. The Labute approximate surface area is 84.7 Å². The van der Waals surface area contributed by atoms with Gasteiger partial charge in [0.1, 0.15) is 0 Å². The zero-order valence-corrected chi connectivity index (χ0v) is 6.35. The molecule has 0 aromatic carbocycles. The van der Waals surface area contributed by atoms with Crippen LogP contribution < -0.4 is 0 Å². The van der Waals surface area contributed by atoms with E-state index < -0.39 is 7.82 Å². The Bertz CT molecular complexity index is 63.1. The van der Waals surface area contributed by atoms with Crippen molar-refractivity contribution in [2.24, 2.45) is 0 Å². The molecule has 0 aliphatic carbocycles. The van der Waals surface area contributed by atoms with Gasteiger partial charge >= 0.3 is 26.7 Å². The normalized spacial score (nSPS) is 6.56. The van der Waals surface area contributed by atoms with Crippen LogP contribution in [-0.4, -0.2) is 39.0 Å². The Kier molecular flexibility index (Phi) is 42.6. The smallest absolute Gasteiger partial charge is 0 e. The van der Waals surface area contributed by atoms with Gasteiger partial charge in [0.15, 0.2) is 0 Å². The van der Waals surface area contributed by atoms with Crippen molar-refractivity contribution in [3.63, 3.8) is 0 Å². The molecule has 0 aromatic heterocycles. The average Bonchev–Trinajstić information content (AvgIpc) is 0.722. The zero-order valence-electron chi connectivity index (χ0n) is 3.37. The molecule has 0 atom stereocenters. The van der Waals surface area contributed by atoms with Gasteiger partial charge in [-0.25, -0.2) is 4.57 Å². The van der Waals surface area contributed by atoms with Gasteiger partial charge in [-0.05, 0) is 0 Å². The van der Waals surface area contributed by atoms with Crippen LogP contribution in [0.25, 0.3) is 0 Å². The monoisotopic (exact) mass is 238 g/mol. The molecule has 0 spiro atoms. The fourth-order valence-electron chi connectivity index (χ4n) is 0. The molecule has 0 saturated carbocycles. The Morgan fingerprint density at radius 3 is 1.11 bits per heavy atom. The van der Waals surface area contributed by atoms with Crippen LogP contribution in [0.2, 0.25) is 0 Å². The van der Waals surface area contributed by atoms with E-state index in [1.165, 1.54) is 0 Å². The summed E-state index contributed by atoms with van der Waals surface area (Å²) in [7, 11) is -4.64. The quantitative estimate of drug-likeness (QED) is 0.323. The molecule has 0 aliphatic rings. The first-order chi connectivity index (χ1) is 2.00. The van der Waals surface area contributed by atoms with Gasteiger partial charge in [0.25, 0.3) is 0 Å². The molecule has 0 saturated heterocycles. The van der Waals surface area contributed by atoms with Crippen LogP contribution in [0.5, 0.6) is 0 Å². The van der Waals surface area contributed by atoms with Crippen molar-refractivity contribution in [2.45, 2.75) is 0 Å². The van der Waals surface area contributed by atoms with Crippen molar-refractivity contribution in [3.05, 3.63) is 0 Å². The summed E-state index contributed by atoms with van der Waals surface area (Å²) in [4.78, 5) is 21.6. The van der Waals surface area contributed by atoms with E-state index in [1.807, 2.05) is 0 Å². The standard InChI is InChI=1S/Fe.Li.Ni.H3O4P.H2O.H/c;;;1-5(2,3)4;;/h;;;(H3,1,2,3,4);1H2;. The van der Waals surface area contributed by atoms with Crippen LogP contribution >= 0.6 is 7.82 Å². The summed E-state index contributed by atoms with van der Waals surface area (Å²) in [6.07, 6.45) is 0. The van der Waals surface area contributed by atoms with E-state index in [0.29, 0.717) is 0 Å². The van der Waals surface area contributed by atoms with Gasteiger partial charge < -0.3 is 20.2 Å². The van der Waals surface area contributed by atoms with Crippen molar-refractivity contribution in [1.82, 2.24) is 0 Å². The third-order valence-corrected chi connectivity index (χ3v) is 0. The van der Waals surface area contributed by atoms with Crippen molar-refractivity contribution in [2.75, 3.05) is 0 Å². The van der Waals surface area contributed by atoms with Gasteiger partial charge in [0, 0.05) is 33.6 Å². The maximum Gasteiger partial charge on any atom is 0 e. The number of rotatable bonds is 0. The molecule has 5 nitrogen and oxygen atoms in total. The topological polar surface area (TPSA) is 109 Å². The zero-order chi connectivity index (χ0) is 4.50. The van der Waals surface area contributed by atoms with Gasteiger partial charge in [-0.3, -0.25) is 0 Å². The summed E-state index contributed by atoms with van der Waals surface area (Å²) in [5.41, 5.74) is 0. The summed E-state index contributed by atoms with van der Waals surface area (Å²) in [5.74, 6) is 0. The molecule has 9 heavy (non-hydrogen) atoms. The van der Waals surface area contributed by atoms with Crippen molar-refractivity contribution < 1.29 is 58.3 Å². The van der Waals surface area contributed by atoms with Gasteiger partial charge in [-0.15, -0.1) is 0 Å². The summed E-state index contributed by atoms with van der Waals surface area (Å²) >= 11 is 0. The van der Waals surface area contributed by atoms with Crippen molar-refractivity contribution in [1.29, 1.82) is 0 Å². The van der Waals surface area contributed by atoms with E-state index in [1.54, 1.807) is 0 Å². The maximum absolute atomic E-state index is 8.88. The van der Waals surface area contributed by atoms with Crippen LogP contribution in [0.15, 0.2) is 0 Å². The molecule has 5 N–H and O–H groups in total. The molecule has 0 heterocycles. The molecule has 0 amide bonds. The summed E-state index contributed by atoms with van der Waals surface area (Å²) in [5, 5.41) is 0. The first-order valence-corrected chi connectivity index (χ1v) is 2.35. The number of hydrogen-bond donors (Lipinski definition) is 3. The minimum atomic E-state index is -4.64. The van der Waals surface area contributed by atoms with E-state index in [2.05, 4.69) is 0 Å². The van der Waals surface area contributed by atoms with Gasteiger partial charge in [-0.2, -0.15) is 0 Å². The van der Waals surface area contributed by atoms with Crippen LogP contribution in [0.1, 0.15) is 0 Å². The Balaban J connectivity index is -0.0000000133. The molecule has 0 aliphatic heterocycles. The molecule has 0 fully saturated rings. The van der Waals surface area contributed by atoms with Gasteiger partial charge in [0.05, 0.1) is 0 Å². The molecule has 0 unspecified atom stereocenters. The molecule has 0 rings (SSSR count). The summed E-state index contributed by atoms with van der Waals surface area (Å²) < 4.78 is 8.88. The molecule has 0 bridgehead atoms. The second-order valence-electron chi connectivity index (χ2n) is 0.513. The largest absolute Gasteiger partial charge is 0 e. The van der Waals surface area contributed by atoms with Gasteiger partial charge in [-0.1, -0.05) is 0 Å². The van der Waals surface area contributed by atoms with E-state index in [0.717, 1.165) is 0 Å². The summed E-state index contributed by atoms with van der Waals surface area (Å²) in [6, 6.07) is 0. The molecule has 60 valence electrons. The SMILES string of the molecule is O.O=P(O)(O)O.[Fe].[LiH].[Ni]. The minimum Gasteiger partial charge on any atom is 0 e. The van der Waals surface area contributed by atoms with Crippen LogP contribution in [0.4, 0.5) is 0 Å². The van der Waals surface area contributed by atoms with Crippen LogP contribution in [0, 0.1) is 0 Å². The molecule has 0 aromatic rings. The van der Waals surface area contributed by atoms with E-state index in [4.69, 9.17) is 19.2 Å². The maximum atomic E-state index is 8.88. The molecule has 9 heteroatoms. The Morgan fingerprint density at radius 1 is 1.11 bits per heavy atom. The third-order valence-electron chi connectivity index (χ3n) is 0. The summed E-state index contributed by atoms with van der Waals surface area (Å²) in [6.45, 7) is 0. The van der Waals surface area contributed by atoms with Crippen LogP contribution in [-0.2, 0) is 38.1 Å². The predicted molar refractivity (Wildman–Crippen MR) is 25.0 cm³/mol. The van der Waals surface area contributed by atoms with E-state index in [9.17, 15) is 0 Å². The van der Waals surface area contributed by atoms with Crippen molar-refractivity contribution >= 4 is 26.7 Å². The Morgan fingerprint density at radius 2 is 1.11 bits per heavy atom. The second kappa shape index (κ2) is 12.4. The fraction of sp³-hybridized carbons (Fsp3) is 0. The van der Waals surface area contributed by atoms with Gasteiger partial charge in [0.2, 0.25) is 0 Å². The van der Waals surface area contributed by atoms with E-state index >= 15 is 0 Å². The molecular weight excluding hydrogens is 232 g/mol. The fourth-order valence-corrected chi connectivity index (χ4v) is 0. The first kappa shape index (κ1) is 31.0. The van der Waals surface area contributed by atoms with Crippen LogP contribution in [0.3, 0.4) is 0 Å². The average molecular weight is 238 g/mol. The Hall–Kier alpha value is 1.68. The van der Waals surface area contributed by atoms with E-state index in [-0.39, 0.29) is 57.9 Å². The first-order valence-electron chi connectivity index (χ1n) is 0.783. The third kappa shape index (κ3) is 202.